The van der Waals surface area contributed by atoms with Crippen LogP contribution in [0.1, 0.15) is 0 Å². The minimum Gasteiger partial charge on any atom is -0.456 e. The minimum absolute atomic E-state index is 0.892. The van der Waals surface area contributed by atoms with Crippen molar-refractivity contribution in [3.05, 3.63) is 176 Å². The molecule has 3 heteroatoms. The number of para-hydroxylation sites is 1. The topological polar surface area (TPSA) is 16.4 Å². The van der Waals surface area contributed by atoms with Gasteiger partial charge in [0, 0.05) is 42.3 Å². The summed E-state index contributed by atoms with van der Waals surface area (Å²) in [6.45, 7) is 0. The van der Waals surface area contributed by atoms with E-state index >= 15 is 0 Å². The molecule has 0 bridgehead atoms. The first kappa shape index (κ1) is 27.9. The number of benzene rings is 8. The third-order valence-electron chi connectivity index (χ3n) is 9.67. The van der Waals surface area contributed by atoms with Gasteiger partial charge in [-0.25, -0.2) is 0 Å². The average Bonchev–Trinajstić information content (AvgIpc) is 3.75. The Morgan fingerprint density at radius 2 is 1.10 bits per heavy atom. The van der Waals surface area contributed by atoms with Gasteiger partial charge in [0.2, 0.25) is 0 Å². The molecular formula is C46H29NOS. The van der Waals surface area contributed by atoms with Crippen LogP contribution in [0.3, 0.4) is 0 Å². The van der Waals surface area contributed by atoms with Crippen LogP contribution < -0.4 is 4.90 Å². The van der Waals surface area contributed by atoms with Crippen molar-refractivity contribution in [1.82, 2.24) is 0 Å². The maximum absolute atomic E-state index is 6.25. The summed E-state index contributed by atoms with van der Waals surface area (Å²) >= 11 is 1.88. The lowest BCUT2D eigenvalue weighted by Crippen LogP contribution is -2.10. The fraction of sp³-hybridized carbons (Fsp3) is 0. The highest BCUT2D eigenvalue weighted by Gasteiger charge is 2.21. The molecule has 0 aliphatic carbocycles. The van der Waals surface area contributed by atoms with Gasteiger partial charge in [-0.05, 0) is 81.6 Å². The van der Waals surface area contributed by atoms with E-state index in [0.29, 0.717) is 0 Å². The number of fused-ring (bicyclic) bond motifs is 8. The van der Waals surface area contributed by atoms with E-state index in [-0.39, 0.29) is 0 Å². The lowest BCUT2D eigenvalue weighted by atomic mass is 9.94. The van der Waals surface area contributed by atoms with Crippen LogP contribution in [-0.4, -0.2) is 0 Å². The number of anilines is 3. The monoisotopic (exact) mass is 643 g/mol. The SMILES string of the molecule is c1ccc(-c2ccccc2-c2ccc(N(c3ccc4oc5ccccc5c4c3)c3cccc4sc5c6ccccc6ccc5c34)cc2)cc1. The molecule has 10 rings (SSSR count). The van der Waals surface area contributed by atoms with Gasteiger partial charge in [0.15, 0.2) is 0 Å². The summed E-state index contributed by atoms with van der Waals surface area (Å²) in [5.41, 5.74) is 9.98. The first-order valence-corrected chi connectivity index (χ1v) is 17.4. The molecule has 10 aromatic rings. The Morgan fingerprint density at radius 1 is 0.429 bits per heavy atom. The Balaban J connectivity index is 1.20. The number of hydrogen-bond acceptors (Lipinski definition) is 3. The molecule has 0 radical (unpaired) electrons. The van der Waals surface area contributed by atoms with Gasteiger partial charge in [0.1, 0.15) is 11.2 Å². The van der Waals surface area contributed by atoms with Crippen molar-refractivity contribution in [3.8, 4) is 22.3 Å². The lowest BCUT2D eigenvalue weighted by Gasteiger charge is -2.27. The van der Waals surface area contributed by atoms with Crippen molar-refractivity contribution in [2.45, 2.75) is 0 Å². The molecule has 0 saturated carbocycles. The molecule has 2 heterocycles. The van der Waals surface area contributed by atoms with E-state index < -0.39 is 0 Å². The zero-order valence-corrected chi connectivity index (χ0v) is 27.3. The largest absolute Gasteiger partial charge is 0.456 e. The maximum atomic E-state index is 6.25. The second-order valence-corrected chi connectivity index (χ2v) is 13.5. The summed E-state index contributed by atoms with van der Waals surface area (Å²) in [6.07, 6.45) is 0. The van der Waals surface area contributed by atoms with Crippen molar-refractivity contribution >= 4 is 81.3 Å². The molecule has 0 amide bonds. The summed E-state index contributed by atoms with van der Waals surface area (Å²) in [5.74, 6) is 0. The number of nitrogens with zero attached hydrogens (tertiary/aromatic N) is 1. The number of thiophene rings is 1. The van der Waals surface area contributed by atoms with Crippen molar-refractivity contribution in [2.24, 2.45) is 0 Å². The van der Waals surface area contributed by atoms with E-state index in [1.54, 1.807) is 0 Å². The Labute approximate surface area is 287 Å². The Morgan fingerprint density at radius 3 is 1.94 bits per heavy atom. The summed E-state index contributed by atoms with van der Waals surface area (Å²) in [4.78, 5) is 2.41. The second-order valence-electron chi connectivity index (χ2n) is 12.5. The zero-order chi connectivity index (χ0) is 32.3. The average molecular weight is 644 g/mol. The van der Waals surface area contributed by atoms with Crippen LogP contribution in [0, 0.1) is 0 Å². The van der Waals surface area contributed by atoms with Crippen LogP contribution in [-0.2, 0) is 0 Å². The molecule has 0 saturated heterocycles. The van der Waals surface area contributed by atoms with Gasteiger partial charge in [0.05, 0.1) is 5.69 Å². The fourth-order valence-electron chi connectivity index (χ4n) is 7.40. The van der Waals surface area contributed by atoms with Crippen molar-refractivity contribution < 1.29 is 4.42 Å². The third kappa shape index (κ3) is 4.55. The van der Waals surface area contributed by atoms with Crippen LogP contribution in [0.5, 0.6) is 0 Å². The molecule has 8 aromatic carbocycles. The highest BCUT2D eigenvalue weighted by molar-refractivity contribution is 7.26. The molecule has 0 unspecified atom stereocenters. The Kier molecular flexibility index (Phi) is 6.39. The lowest BCUT2D eigenvalue weighted by molar-refractivity contribution is 0.669. The van der Waals surface area contributed by atoms with Crippen LogP contribution in [0.4, 0.5) is 17.1 Å². The molecule has 0 atom stereocenters. The van der Waals surface area contributed by atoms with Gasteiger partial charge < -0.3 is 9.32 Å². The molecule has 49 heavy (non-hydrogen) atoms. The van der Waals surface area contributed by atoms with E-state index in [0.717, 1.165) is 39.0 Å². The van der Waals surface area contributed by atoms with Crippen LogP contribution in [0.25, 0.3) is 75.1 Å². The number of rotatable bonds is 5. The summed E-state index contributed by atoms with van der Waals surface area (Å²) in [7, 11) is 0. The van der Waals surface area contributed by atoms with Gasteiger partial charge in [-0.1, -0.05) is 127 Å². The maximum Gasteiger partial charge on any atom is 0.135 e. The van der Waals surface area contributed by atoms with E-state index in [1.807, 2.05) is 23.5 Å². The first-order chi connectivity index (χ1) is 24.3. The molecule has 0 aliphatic rings. The van der Waals surface area contributed by atoms with E-state index in [1.165, 1.54) is 53.2 Å². The molecular weight excluding hydrogens is 615 g/mol. The molecule has 0 N–H and O–H groups in total. The minimum atomic E-state index is 0.892. The van der Waals surface area contributed by atoms with E-state index in [4.69, 9.17) is 4.42 Å². The van der Waals surface area contributed by atoms with Crippen molar-refractivity contribution in [2.75, 3.05) is 4.90 Å². The summed E-state index contributed by atoms with van der Waals surface area (Å²) in [5, 5.41) is 7.35. The highest BCUT2D eigenvalue weighted by atomic mass is 32.1. The predicted molar refractivity (Wildman–Crippen MR) is 210 cm³/mol. The smallest absolute Gasteiger partial charge is 0.135 e. The second kappa shape index (κ2) is 11.2. The van der Waals surface area contributed by atoms with Crippen molar-refractivity contribution in [1.29, 1.82) is 0 Å². The number of hydrogen-bond donors (Lipinski definition) is 0. The zero-order valence-electron chi connectivity index (χ0n) is 26.5. The van der Waals surface area contributed by atoms with Crippen LogP contribution >= 0.6 is 11.3 Å². The molecule has 230 valence electrons. The molecule has 2 nitrogen and oxygen atoms in total. The van der Waals surface area contributed by atoms with Gasteiger partial charge >= 0.3 is 0 Å². The molecule has 0 spiro atoms. The Hall–Kier alpha value is -6.16. The van der Waals surface area contributed by atoms with E-state index in [2.05, 4.69) is 169 Å². The van der Waals surface area contributed by atoms with Crippen LogP contribution in [0.15, 0.2) is 180 Å². The fourth-order valence-corrected chi connectivity index (χ4v) is 8.66. The quantitative estimate of drug-likeness (QED) is 0.186. The Bertz CT molecular complexity index is 2830. The summed E-state index contributed by atoms with van der Waals surface area (Å²) < 4.78 is 8.85. The number of furan rings is 1. The van der Waals surface area contributed by atoms with Gasteiger partial charge in [0.25, 0.3) is 0 Å². The molecule has 0 aliphatic heterocycles. The first-order valence-electron chi connectivity index (χ1n) is 16.6. The standard InChI is InChI=1S/C46H29NOS/c1-2-11-30(12-3-1)35-14-6-7-15-36(35)32-21-24-33(25-22-32)47(34-26-28-43-40(29-34)38-17-8-9-19-42(38)48-43)41-18-10-20-44-45(41)39-27-23-31-13-4-5-16-37(31)46(39)49-44/h1-29H. The van der Waals surface area contributed by atoms with Crippen LogP contribution in [0.2, 0.25) is 0 Å². The molecule has 2 aromatic heterocycles. The normalized spacial score (nSPS) is 11.7. The van der Waals surface area contributed by atoms with Gasteiger partial charge in [-0.3, -0.25) is 0 Å². The molecule has 0 fully saturated rings. The third-order valence-corrected chi connectivity index (χ3v) is 10.9. The van der Waals surface area contributed by atoms with Crippen molar-refractivity contribution in [3.63, 3.8) is 0 Å². The van der Waals surface area contributed by atoms with Gasteiger partial charge in [-0.2, -0.15) is 0 Å². The van der Waals surface area contributed by atoms with E-state index in [9.17, 15) is 0 Å². The highest BCUT2D eigenvalue weighted by Crippen LogP contribution is 2.47. The van der Waals surface area contributed by atoms with Gasteiger partial charge in [-0.15, -0.1) is 11.3 Å². The summed E-state index contributed by atoms with van der Waals surface area (Å²) in [6, 6.07) is 63.2. The predicted octanol–water partition coefficient (Wildman–Crippen LogP) is 13.9.